The SMILES string of the molecule is CC(=O)C(Br)c1c(F)cccc1C(F)F. The van der Waals surface area contributed by atoms with Crippen LogP contribution in [0.1, 0.15) is 29.3 Å². The topological polar surface area (TPSA) is 17.1 Å². The standard InChI is InChI=1S/C10H8BrF3O/c1-5(15)9(11)8-6(10(13)14)3-2-4-7(8)12/h2-4,9-10H,1H3. The number of hydrogen-bond acceptors (Lipinski definition) is 1. The van der Waals surface area contributed by atoms with Crippen molar-refractivity contribution in [3.05, 3.63) is 35.1 Å². The van der Waals surface area contributed by atoms with Gasteiger partial charge in [-0.1, -0.05) is 28.1 Å². The summed E-state index contributed by atoms with van der Waals surface area (Å²) in [6, 6.07) is 3.36. The quantitative estimate of drug-likeness (QED) is 0.770. The lowest BCUT2D eigenvalue weighted by atomic mass is 10.0. The molecule has 1 aromatic carbocycles. The van der Waals surface area contributed by atoms with Gasteiger partial charge in [0.15, 0.2) is 0 Å². The number of rotatable bonds is 3. The Balaban J connectivity index is 3.30. The van der Waals surface area contributed by atoms with Crippen LogP contribution >= 0.6 is 15.9 Å². The summed E-state index contributed by atoms with van der Waals surface area (Å²) in [5, 5.41) is 0. The number of benzene rings is 1. The smallest absolute Gasteiger partial charge is 0.264 e. The maximum atomic E-state index is 13.3. The maximum Gasteiger partial charge on any atom is 0.264 e. The predicted octanol–water partition coefficient (Wildman–Crippen LogP) is 3.79. The monoisotopic (exact) mass is 280 g/mol. The average molecular weight is 281 g/mol. The van der Waals surface area contributed by atoms with Crippen LogP contribution in [0.5, 0.6) is 0 Å². The molecule has 0 aliphatic carbocycles. The molecule has 0 fully saturated rings. The Morgan fingerprint density at radius 2 is 2.00 bits per heavy atom. The molecule has 0 N–H and O–H groups in total. The Morgan fingerprint density at radius 3 is 2.47 bits per heavy atom. The first-order chi connectivity index (χ1) is 6.95. The number of carbonyl (C=O) groups excluding carboxylic acids is 1. The molecule has 1 rings (SSSR count). The molecule has 1 nitrogen and oxygen atoms in total. The van der Waals surface area contributed by atoms with Crippen LogP contribution in [0.2, 0.25) is 0 Å². The Morgan fingerprint density at radius 1 is 1.40 bits per heavy atom. The second-order valence-corrected chi connectivity index (χ2v) is 3.93. The van der Waals surface area contributed by atoms with Gasteiger partial charge >= 0.3 is 0 Å². The molecule has 82 valence electrons. The molecule has 1 aromatic rings. The van der Waals surface area contributed by atoms with Gasteiger partial charge in [0.1, 0.15) is 16.4 Å². The van der Waals surface area contributed by atoms with Crippen LogP contribution in [0, 0.1) is 5.82 Å². The highest BCUT2D eigenvalue weighted by Gasteiger charge is 2.24. The molecule has 0 aliphatic rings. The normalized spacial score (nSPS) is 12.9. The Bertz CT molecular complexity index is 379. The molecule has 0 aliphatic heterocycles. The molecule has 0 spiro atoms. The lowest BCUT2D eigenvalue weighted by molar-refractivity contribution is -0.116. The largest absolute Gasteiger partial charge is 0.298 e. The van der Waals surface area contributed by atoms with Gasteiger partial charge in [0.25, 0.3) is 6.43 Å². The van der Waals surface area contributed by atoms with Gasteiger partial charge in [-0.15, -0.1) is 0 Å². The molecular weight excluding hydrogens is 273 g/mol. The van der Waals surface area contributed by atoms with Crippen molar-refractivity contribution in [2.75, 3.05) is 0 Å². The van der Waals surface area contributed by atoms with Crippen molar-refractivity contribution in [2.45, 2.75) is 18.2 Å². The van der Waals surface area contributed by atoms with Crippen molar-refractivity contribution in [2.24, 2.45) is 0 Å². The second kappa shape index (κ2) is 4.79. The van der Waals surface area contributed by atoms with Crippen LogP contribution in [0.25, 0.3) is 0 Å². The first-order valence-electron chi connectivity index (χ1n) is 4.16. The van der Waals surface area contributed by atoms with Gasteiger partial charge in [-0.3, -0.25) is 4.79 Å². The van der Waals surface area contributed by atoms with Gasteiger partial charge in [-0.05, 0) is 13.0 Å². The molecule has 0 aromatic heterocycles. The highest BCUT2D eigenvalue weighted by molar-refractivity contribution is 9.09. The van der Waals surface area contributed by atoms with E-state index in [9.17, 15) is 18.0 Å². The third-order valence-corrected chi connectivity index (χ3v) is 3.03. The van der Waals surface area contributed by atoms with Crippen molar-refractivity contribution in [3.8, 4) is 0 Å². The number of alkyl halides is 3. The third kappa shape index (κ3) is 2.59. The highest BCUT2D eigenvalue weighted by Crippen LogP contribution is 2.34. The van der Waals surface area contributed by atoms with E-state index in [0.29, 0.717) is 0 Å². The molecule has 0 heterocycles. The minimum absolute atomic E-state index is 0.278. The van der Waals surface area contributed by atoms with Crippen molar-refractivity contribution < 1.29 is 18.0 Å². The van der Waals surface area contributed by atoms with Gasteiger partial charge in [0.05, 0.1) is 0 Å². The number of Topliss-reactive ketones (excluding diaryl/α,β-unsaturated/α-hetero) is 1. The maximum absolute atomic E-state index is 13.3. The summed E-state index contributed by atoms with van der Waals surface area (Å²) in [5.74, 6) is -1.22. The molecule has 0 saturated heterocycles. The number of halogens is 4. The van der Waals surface area contributed by atoms with E-state index in [1.54, 1.807) is 0 Å². The van der Waals surface area contributed by atoms with Crippen molar-refractivity contribution in [1.29, 1.82) is 0 Å². The van der Waals surface area contributed by atoms with Crippen LogP contribution in [0.4, 0.5) is 13.2 Å². The van der Waals surface area contributed by atoms with Crippen molar-refractivity contribution in [3.63, 3.8) is 0 Å². The first-order valence-corrected chi connectivity index (χ1v) is 5.07. The molecule has 0 radical (unpaired) electrons. The highest BCUT2D eigenvalue weighted by atomic mass is 79.9. The molecule has 1 atom stereocenters. The molecule has 1 unspecified atom stereocenters. The zero-order valence-corrected chi connectivity index (χ0v) is 9.39. The fourth-order valence-electron chi connectivity index (χ4n) is 1.21. The lowest BCUT2D eigenvalue weighted by Gasteiger charge is -2.13. The summed E-state index contributed by atoms with van der Waals surface area (Å²) in [6.07, 6.45) is -2.80. The molecule has 15 heavy (non-hydrogen) atoms. The Kier molecular flexibility index (Phi) is 3.90. The van der Waals surface area contributed by atoms with Crippen LogP contribution < -0.4 is 0 Å². The fourth-order valence-corrected chi connectivity index (χ4v) is 1.70. The van der Waals surface area contributed by atoms with Crippen LogP contribution in [0.15, 0.2) is 18.2 Å². The minimum atomic E-state index is -2.80. The summed E-state index contributed by atoms with van der Waals surface area (Å²) in [5.41, 5.74) is -0.730. The van der Waals surface area contributed by atoms with E-state index < -0.39 is 28.4 Å². The van der Waals surface area contributed by atoms with Gasteiger partial charge in [0.2, 0.25) is 0 Å². The van der Waals surface area contributed by atoms with E-state index in [4.69, 9.17) is 0 Å². The van der Waals surface area contributed by atoms with Gasteiger partial charge < -0.3 is 0 Å². The number of carbonyl (C=O) groups is 1. The zero-order chi connectivity index (χ0) is 11.6. The van der Waals surface area contributed by atoms with E-state index in [2.05, 4.69) is 15.9 Å². The summed E-state index contributed by atoms with van der Waals surface area (Å²) in [4.78, 5) is 9.99. The number of ketones is 1. The number of hydrogen-bond donors (Lipinski definition) is 0. The Labute approximate surface area is 93.4 Å². The minimum Gasteiger partial charge on any atom is -0.298 e. The zero-order valence-electron chi connectivity index (χ0n) is 7.81. The molecule has 5 heteroatoms. The first kappa shape index (κ1) is 12.2. The second-order valence-electron chi connectivity index (χ2n) is 3.02. The van der Waals surface area contributed by atoms with Gasteiger partial charge in [0, 0.05) is 11.1 Å². The van der Waals surface area contributed by atoms with Crippen molar-refractivity contribution >= 4 is 21.7 Å². The van der Waals surface area contributed by atoms with E-state index in [1.165, 1.54) is 13.0 Å². The molecule has 0 saturated carbocycles. The van der Waals surface area contributed by atoms with Crippen LogP contribution in [0.3, 0.4) is 0 Å². The molecule has 0 bridgehead atoms. The van der Waals surface area contributed by atoms with Crippen molar-refractivity contribution in [1.82, 2.24) is 0 Å². The average Bonchev–Trinajstić information content (AvgIpc) is 2.16. The van der Waals surface area contributed by atoms with Crippen LogP contribution in [-0.2, 0) is 4.79 Å². The summed E-state index contributed by atoms with van der Waals surface area (Å²) < 4.78 is 38.4. The fraction of sp³-hybridized carbons (Fsp3) is 0.300. The summed E-state index contributed by atoms with van der Waals surface area (Å²) in [7, 11) is 0. The van der Waals surface area contributed by atoms with E-state index in [-0.39, 0.29) is 5.56 Å². The van der Waals surface area contributed by atoms with Gasteiger partial charge in [-0.25, -0.2) is 13.2 Å². The van der Waals surface area contributed by atoms with E-state index >= 15 is 0 Å². The third-order valence-electron chi connectivity index (χ3n) is 1.93. The van der Waals surface area contributed by atoms with Crippen LogP contribution in [-0.4, -0.2) is 5.78 Å². The lowest BCUT2D eigenvalue weighted by Crippen LogP contribution is -2.07. The predicted molar refractivity (Wildman–Crippen MR) is 53.7 cm³/mol. The summed E-state index contributed by atoms with van der Waals surface area (Å²) in [6.45, 7) is 1.21. The molecular formula is C10H8BrF3O. The summed E-state index contributed by atoms with van der Waals surface area (Å²) >= 11 is 2.90. The van der Waals surface area contributed by atoms with E-state index in [1.807, 2.05) is 0 Å². The van der Waals surface area contributed by atoms with E-state index in [0.717, 1.165) is 12.1 Å². The Hall–Kier alpha value is -0.840. The van der Waals surface area contributed by atoms with Gasteiger partial charge in [-0.2, -0.15) is 0 Å². The molecule has 0 amide bonds.